The third kappa shape index (κ3) is 10.8. The third-order valence-corrected chi connectivity index (χ3v) is 6.73. The van der Waals surface area contributed by atoms with Gasteiger partial charge < -0.3 is 9.88 Å². The van der Waals surface area contributed by atoms with Crippen LogP contribution >= 0.6 is 0 Å². The first-order valence-corrected chi connectivity index (χ1v) is 13.9. The Morgan fingerprint density at radius 3 is 1.82 bits per heavy atom. The van der Waals surface area contributed by atoms with Crippen LogP contribution in [0.1, 0.15) is 135 Å². The number of carbonyl (C=O) groups is 1. The molecule has 1 unspecified atom stereocenters. The maximum Gasteiger partial charge on any atom is 0.217 e. The summed E-state index contributed by atoms with van der Waals surface area (Å²) < 4.78 is 2.31. The minimum atomic E-state index is -0.0732. The molecule has 1 amide bonds. The minimum absolute atomic E-state index is 0.0106. The molecule has 0 radical (unpaired) electrons. The van der Waals surface area contributed by atoms with E-state index in [4.69, 9.17) is 4.98 Å². The molecule has 0 fully saturated rings. The Labute approximate surface area is 202 Å². The second-order valence-electron chi connectivity index (χ2n) is 9.84. The SMILES string of the molecule is CCCCCCCCCCCCCCCCCCn1c(C(C)NC(C)=O)nc2ccccc21. The number of nitrogens with one attached hydrogen (secondary N) is 1. The van der Waals surface area contributed by atoms with Gasteiger partial charge in [-0.3, -0.25) is 4.79 Å². The van der Waals surface area contributed by atoms with E-state index < -0.39 is 0 Å². The van der Waals surface area contributed by atoms with Gasteiger partial charge in [0.15, 0.2) is 0 Å². The Kier molecular flexibility index (Phi) is 13.9. The molecule has 1 atom stereocenters. The second-order valence-corrected chi connectivity index (χ2v) is 9.84. The number of hydrogen-bond acceptors (Lipinski definition) is 2. The molecule has 4 heteroatoms. The number of carbonyl (C=O) groups excluding carboxylic acids is 1. The molecule has 0 spiro atoms. The molecule has 0 aliphatic heterocycles. The zero-order valence-electron chi connectivity index (χ0n) is 21.7. The predicted octanol–water partition coefficient (Wildman–Crippen LogP) is 8.49. The number of imidazole rings is 1. The first-order valence-electron chi connectivity index (χ1n) is 13.9. The Balaban J connectivity index is 1.55. The predicted molar refractivity (Wildman–Crippen MR) is 142 cm³/mol. The fraction of sp³-hybridized carbons (Fsp3) is 0.724. The standard InChI is InChI=1S/C29H49N3O/c1-4-5-6-7-8-9-10-11-12-13-14-15-16-17-18-21-24-32-28-23-20-19-22-27(28)31-29(32)25(2)30-26(3)33/h19-20,22-23,25H,4-18,21,24H2,1-3H3,(H,30,33). The highest BCUT2D eigenvalue weighted by atomic mass is 16.1. The molecule has 1 heterocycles. The molecule has 0 aliphatic rings. The van der Waals surface area contributed by atoms with Crippen molar-refractivity contribution < 1.29 is 4.79 Å². The summed E-state index contributed by atoms with van der Waals surface area (Å²) in [5.74, 6) is 0.955. The van der Waals surface area contributed by atoms with Gasteiger partial charge in [0.25, 0.3) is 0 Å². The molecule has 0 aliphatic carbocycles. The van der Waals surface area contributed by atoms with Crippen LogP contribution in [0.4, 0.5) is 0 Å². The molecule has 2 aromatic rings. The van der Waals surface area contributed by atoms with E-state index in [-0.39, 0.29) is 11.9 Å². The van der Waals surface area contributed by atoms with E-state index in [2.05, 4.69) is 35.0 Å². The summed E-state index contributed by atoms with van der Waals surface area (Å²) in [5.41, 5.74) is 2.19. The molecule has 186 valence electrons. The van der Waals surface area contributed by atoms with Gasteiger partial charge in [0, 0.05) is 13.5 Å². The van der Waals surface area contributed by atoms with Crippen LogP contribution in [0, 0.1) is 0 Å². The molecular weight excluding hydrogens is 406 g/mol. The maximum absolute atomic E-state index is 11.5. The van der Waals surface area contributed by atoms with Gasteiger partial charge in [-0.05, 0) is 25.5 Å². The summed E-state index contributed by atoms with van der Waals surface area (Å²) in [4.78, 5) is 16.3. The zero-order chi connectivity index (χ0) is 23.7. The van der Waals surface area contributed by atoms with Gasteiger partial charge in [0.05, 0.1) is 17.1 Å². The highest BCUT2D eigenvalue weighted by Crippen LogP contribution is 2.22. The zero-order valence-corrected chi connectivity index (χ0v) is 21.7. The molecule has 4 nitrogen and oxygen atoms in total. The number of benzene rings is 1. The maximum atomic E-state index is 11.5. The van der Waals surface area contributed by atoms with Crippen molar-refractivity contribution in [2.24, 2.45) is 0 Å². The van der Waals surface area contributed by atoms with Gasteiger partial charge in [-0.15, -0.1) is 0 Å². The number of fused-ring (bicyclic) bond motifs is 1. The minimum Gasteiger partial charge on any atom is -0.347 e. The number of amides is 1. The lowest BCUT2D eigenvalue weighted by molar-refractivity contribution is -0.119. The van der Waals surface area contributed by atoms with E-state index in [9.17, 15) is 4.79 Å². The smallest absolute Gasteiger partial charge is 0.217 e. The van der Waals surface area contributed by atoms with Crippen LogP contribution in [0.25, 0.3) is 11.0 Å². The highest BCUT2D eigenvalue weighted by Gasteiger charge is 2.16. The molecule has 0 saturated heterocycles. The van der Waals surface area contributed by atoms with E-state index in [1.165, 1.54) is 108 Å². The lowest BCUT2D eigenvalue weighted by Gasteiger charge is -2.15. The van der Waals surface area contributed by atoms with Crippen molar-refractivity contribution in [2.45, 2.75) is 136 Å². The van der Waals surface area contributed by atoms with Gasteiger partial charge >= 0.3 is 0 Å². The third-order valence-electron chi connectivity index (χ3n) is 6.73. The van der Waals surface area contributed by atoms with Crippen molar-refractivity contribution >= 4 is 16.9 Å². The van der Waals surface area contributed by atoms with E-state index in [0.29, 0.717) is 0 Å². The number of aryl methyl sites for hydroxylation is 1. The van der Waals surface area contributed by atoms with Crippen molar-refractivity contribution in [3.8, 4) is 0 Å². The van der Waals surface area contributed by atoms with E-state index in [1.54, 1.807) is 6.92 Å². The van der Waals surface area contributed by atoms with Crippen LogP contribution in [0.2, 0.25) is 0 Å². The van der Waals surface area contributed by atoms with Gasteiger partial charge in [-0.25, -0.2) is 4.98 Å². The molecule has 1 N–H and O–H groups in total. The number of rotatable bonds is 19. The number of nitrogens with zero attached hydrogens (tertiary/aromatic N) is 2. The lowest BCUT2D eigenvalue weighted by atomic mass is 10.0. The summed E-state index contributed by atoms with van der Waals surface area (Å²) in [7, 11) is 0. The van der Waals surface area contributed by atoms with Crippen LogP contribution in [0.3, 0.4) is 0 Å². The molecule has 1 aromatic heterocycles. The Morgan fingerprint density at radius 1 is 0.818 bits per heavy atom. The largest absolute Gasteiger partial charge is 0.347 e. The topological polar surface area (TPSA) is 46.9 Å². The van der Waals surface area contributed by atoms with E-state index in [1.807, 2.05) is 13.0 Å². The number of aromatic nitrogens is 2. The summed E-state index contributed by atoms with van der Waals surface area (Å²) >= 11 is 0. The highest BCUT2D eigenvalue weighted by molar-refractivity contribution is 5.77. The van der Waals surface area contributed by atoms with Gasteiger partial charge in [0.2, 0.25) is 5.91 Å². The first kappa shape index (κ1) is 27.4. The summed E-state index contributed by atoms with van der Waals surface area (Å²) in [6.07, 6.45) is 22.2. The fourth-order valence-electron chi connectivity index (χ4n) is 4.85. The molecular formula is C29H49N3O. The van der Waals surface area contributed by atoms with Gasteiger partial charge in [0.1, 0.15) is 5.82 Å². The van der Waals surface area contributed by atoms with E-state index >= 15 is 0 Å². The van der Waals surface area contributed by atoms with Gasteiger partial charge in [-0.1, -0.05) is 115 Å². The van der Waals surface area contributed by atoms with Crippen LogP contribution in [0.15, 0.2) is 24.3 Å². The lowest BCUT2D eigenvalue weighted by Crippen LogP contribution is -2.26. The molecule has 0 saturated carbocycles. The summed E-state index contributed by atoms with van der Waals surface area (Å²) in [6.45, 7) is 6.85. The van der Waals surface area contributed by atoms with Crippen molar-refractivity contribution in [3.05, 3.63) is 30.1 Å². The van der Waals surface area contributed by atoms with Gasteiger partial charge in [-0.2, -0.15) is 0 Å². The Hall–Kier alpha value is -1.84. The van der Waals surface area contributed by atoms with Crippen LogP contribution < -0.4 is 5.32 Å². The Morgan fingerprint density at radius 2 is 1.30 bits per heavy atom. The van der Waals surface area contributed by atoms with Crippen molar-refractivity contribution in [1.82, 2.24) is 14.9 Å². The average molecular weight is 456 g/mol. The van der Waals surface area contributed by atoms with Crippen LogP contribution in [-0.4, -0.2) is 15.5 Å². The normalized spacial score (nSPS) is 12.3. The van der Waals surface area contributed by atoms with Crippen molar-refractivity contribution in [1.29, 1.82) is 0 Å². The van der Waals surface area contributed by atoms with Crippen molar-refractivity contribution in [3.63, 3.8) is 0 Å². The number of para-hydroxylation sites is 2. The number of hydrogen-bond donors (Lipinski definition) is 1. The summed E-state index contributed by atoms with van der Waals surface area (Å²) in [6, 6.07) is 8.22. The molecule has 1 aromatic carbocycles. The molecule has 0 bridgehead atoms. The average Bonchev–Trinajstić information content (AvgIpc) is 3.17. The quantitative estimate of drug-likeness (QED) is 0.216. The van der Waals surface area contributed by atoms with Crippen LogP contribution in [0.5, 0.6) is 0 Å². The monoisotopic (exact) mass is 455 g/mol. The fourth-order valence-corrected chi connectivity index (χ4v) is 4.85. The summed E-state index contributed by atoms with van der Waals surface area (Å²) in [5, 5.41) is 2.99. The van der Waals surface area contributed by atoms with E-state index in [0.717, 1.165) is 17.9 Å². The first-order chi connectivity index (χ1) is 16.1. The van der Waals surface area contributed by atoms with Crippen molar-refractivity contribution in [2.75, 3.05) is 0 Å². The number of unbranched alkanes of at least 4 members (excludes halogenated alkanes) is 15. The second kappa shape index (κ2) is 16.7. The molecule has 33 heavy (non-hydrogen) atoms. The molecule has 2 rings (SSSR count). The Bertz CT molecular complexity index is 782. The van der Waals surface area contributed by atoms with Crippen LogP contribution in [-0.2, 0) is 11.3 Å².